The summed E-state index contributed by atoms with van der Waals surface area (Å²) < 4.78 is 7.20. The molecule has 0 amide bonds. The zero-order valence-corrected chi connectivity index (χ0v) is 16.9. The van der Waals surface area contributed by atoms with Gasteiger partial charge in [-0.15, -0.1) is 5.10 Å². The molecule has 1 fully saturated rings. The Bertz CT molecular complexity index is 1040. The average molecular weight is 391 g/mol. The van der Waals surface area contributed by atoms with Crippen LogP contribution in [0.4, 0.5) is 5.69 Å². The minimum atomic E-state index is -0.189. The lowest BCUT2D eigenvalue weighted by Gasteiger charge is -2.11. The molecule has 1 N–H and O–H groups in total. The van der Waals surface area contributed by atoms with Gasteiger partial charge in [-0.3, -0.25) is 14.8 Å². The summed E-state index contributed by atoms with van der Waals surface area (Å²) in [6, 6.07) is 9.79. The van der Waals surface area contributed by atoms with Crippen LogP contribution < -0.4 is 15.6 Å². The largest absolute Gasteiger partial charge is 0.476 e. The van der Waals surface area contributed by atoms with E-state index in [0.29, 0.717) is 36.6 Å². The van der Waals surface area contributed by atoms with Crippen LogP contribution in [-0.2, 0) is 13.6 Å². The second kappa shape index (κ2) is 8.03. The van der Waals surface area contributed by atoms with E-state index in [4.69, 9.17) is 4.74 Å². The molecule has 2 atom stereocenters. The van der Waals surface area contributed by atoms with Crippen molar-refractivity contribution >= 4 is 5.69 Å². The molecule has 150 valence electrons. The van der Waals surface area contributed by atoms with Crippen molar-refractivity contribution in [2.45, 2.75) is 32.7 Å². The third kappa shape index (κ3) is 4.62. The molecule has 0 bridgehead atoms. The lowest BCUT2D eigenvalue weighted by atomic mass is 10.2. The lowest BCUT2D eigenvalue weighted by Crippen LogP contribution is -2.24. The average Bonchev–Trinajstić information content (AvgIpc) is 3.49. The highest BCUT2D eigenvalue weighted by Gasteiger charge is 2.40. The molecule has 2 unspecified atom stereocenters. The van der Waals surface area contributed by atoms with Crippen molar-refractivity contribution in [1.29, 1.82) is 0 Å². The normalized spacial score (nSPS) is 17.8. The van der Waals surface area contributed by atoms with Gasteiger partial charge in [-0.05, 0) is 43.5 Å². The Labute approximate surface area is 169 Å². The van der Waals surface area contributed by atoms with Crippen molar-refractivity contribution in [2.24, 2.45) is 13.0 Å². The van der Waals surface area contributed by atoms with Crippen LogP contribution >= 0.6 is 0 Å². The number of rotatable bonds is 7. The Morgan fingerprint density at radius 1 is 1.17 bits per heavy atom. The second-order valence-corrected chi connectivity index (χ2v) is 7.66. The minimum Gasteiger partial charge on any atom is -0.476 e. The predicted octanol–water partition coefficient (Wildman–Crippen LogP) is 2.98. The molecule has 3 heterocycles. The van der Waals surface area contributed by atoms with Crippen molar-refractivity contribution < 1.29 is 4.74 Å². The van der Waals surface area contributed by atoms with E-state index in [9.17, 15) is 4.79 Å². The highest BCUT2D eigenvalue weighted by molar-refractivity contribution is 5.44. The van der Waals surface area contributed by atoms with Crippen LogP contribution in [0.25, 0.3) is 0 Å². The SMILES string of the molecule is Cc1ccc(C2CC2COc2cc(NCc3ccc(C)nc3)c(=O)n(C)n2)nc1. The van der Waals surface area contributed by atoms with E-state index in [1.165, 1.54) is 4.68 Å². The molecule has 0 aromatic carbocycles. The van der Waals surface area contributed by atoms with Crippen LogP contribution in [0.3, 0.4) is 0 Å². The van der Waals surface area contributed by atoms with Gasteiger partial charge in [-0.2, -0.15) is 0 Å². The van der Waals surface area contributed by atoms with Gasteiger partial charge in [0.25, 0.3) is 5.56 Å². The molecule has 0 radical (unpaired) electrons. The second-order valence-electron chi connectivity index (χ2n) is 7.66. The van der Waals surface area contributed by atoms with E-state index in [-0.39, 0.29) is 5.56 Å². The summed E-state index contributed by atoms with van der Waals surface area (Å²) in [7, 11) is 1.63. The Morgan fingerprint density at radius 2 is 2.03 bits per heavy atom. The number of aromatic nitrogens is 4. The number of hydrogen-bond acceptors (Lipinski definition) is 6. The fourth-order valence-corrected chi connectivity index (χ4v) is 3.26. The molecular formula is C22H25N5O2. The number of ether oxygens (including phenoxy) is 1. The molecule has 0 saturated heterocycles. The monoisotopic (exact) mass is 391 g/mol. The van der Waals surface area contributed by atoms with Crippen LogP contribution in [0, 0.1) is 19.8 Å². The summed E-state index contributed by atoms with van der Waals surface area (Å²) in [6.07, 6.45) is 4.77. The van der Waals surface area contributed by atoms with Crippen LogP contribution in [0.2, 0.25) is 0 Å². The molecule has 7 heteroatoms. The number of pyridine rings is 2. The third-order valence-corrected chi connectivity index (χ3v) is 5.18. The molecule has 0 aliphatic heterocycles. The van der Waals surface area contributed by atoms with Crippen molar-refractivity contribution in [3.8, 4) is 5.88 Å². The molecule has 3 aromatic rings. The van der Waals surface area contributed by atoms with Gasteiger partial charge in [0.2, 0.25) is 5.88 Å². The van der Waals surface area contributed by atoms with E-state index < -0.39 is 0 Å². The number of aryl methyl sites for hydroxylation is 3. The Kier molecular flexibility index (Phi) is 5.29. The van der Waals surface area contributed by atoms with Gasteiger partial charge in [-0.25, -0.2) is 4.68 Å². The van der Waals surface area contributed by atoms with E-state index in [0.717, 1.165) is 28.9 Å². The van der Waals surface area contributed by atoms with Crippen LogP contribution in [0.1, 0.15) is 34.9 Å². The number of nitrogens with one attached hydrogen (secondary N) is 1. The maximum absolute atomic E-state index is 12.4. The predicted molar refractivity (Wildman–Crippen MR) is 111 cm³/mol. The van der Waals surface area contributed by atoms with Crippen molar-refractivity contribution in [1.82, 2.24) is 19.7 Å². The molecule has 7 nitrogen and oxygen atoms in total. The van der Waals surface area contributed by atoms with E-state index in [1.54, 1.807) is 19.3 Å². The van der Waals surface area contributed by atoms with Gasteiger partial charge in [0, 0.05) is 55.3 Å². The summed E-state index contributed by atoms with van der Waals surface area (Å²) >= 11 is 0. The highest BCUT2D eigenvalue weighted by Crippen LogP contribution is 2.46. The van der Waals surface area contributed by atoms with Gasteiger partial charge in [0.05, 0.1) is 6.61 Å². The molecule has 1 aliphatic rings. The number of nitrogens with zero attached hydrogens (tertiary/aromatic N) is 4. The van der Waals surface area contributed by atoms with Gasteiger partial charge >= 0.3 is 0 Å². The fourth-order valence-electron chi connectivity index (χ4n) is 3.26. The van der Waals surface area contributed by atoms with Crippen molar-refractivity contribution in [2.75, 3.05) is 11.9 Å². The summed E-state index contributed by atoms with van der Waals surface area (Å²) in [5.74, 6) is 1.31. The molecule has 29 heavy (non-hydrogen) atoms. The summed E-state index contributed by atoms with van der Waals surface area (Å²) in [6.45, 7) is 5.05. The number of hydrogen-bond donors (Lipinski definition) is 1. The van der Waals surface area contributed by atoms with Gasteiger partial charge in [-0.1, -0.05) is 12.1 Å². The first-order chi connectivity index (χ1) is 14.0. The van der Waals surface area contributed by atoms with E-state index >= 15 is 0 Å². The zero-order chi connectivity index (χ0) is 20.4. The lowest BCUT2D eigenvalue weighted by molar-refractivity contribution is 0.278. The van der Waals surface area contributed by atoms with Crippen molar-refractivity contribution in [3.63, 3.8) is 0 Å². The van der Waals surface area contributed by atoms with Gasteiger partial charge in [0.15, 0.2) is 0 Å². The molecular weight excluding hydrogens is 366 g/mol. The summed E-state index contributed by atoms with van der Waals surface area (Å²) in [5.41, 5.74) is 4.52. The topological polar surface area (TPSA) is 81.9 Å². The minimum absolute atomic E-state index is 0.189. The maximum atomic E-state index is 12.4. The van der Waals surface area contributed by atoms with Crippen LogP contribution in [0.5, 0.6) is 5.88 Å². The Hall–Kier alpha value is -3.22. The first-order valence-electron chi connectivity index (χ1n) is 9.78. The fraction of sp³-hybridized carbons (Fsp3) is 0.364. The van der Waals surface area contributed by atoms with Gasteiger partial charge in [0.1, 0.15) is 5.69 Å². The summed E-state index contributed by atoms with van der Waals surface area (Å²) in [5, 5.41) is 7.39. The van der Waals surface area contributed by atoms with E-state index in [2.05, 4.69) is 32.5 Å². The zero-order valence-electron chi connectivity index (χ0n) is 16.9. The smallest absolute Gasteiger partial charge is 0.290 e. The molecule has 0 spiro atoms. The molecule has 1 aliphatic carbocycles. The Balaban J connectivity index is 1.37. The van der Waals surface area contributed by atoms with Gasteiger partial charge < -0.3 is 10.1 Å². The van der Waals surface area contributed by atoms with E-state index in [1.807, 2.05) is 32.2 Å². The highest BCUT2D eigenvalue weighted by atomic mass is 16.5. The third-order valence-electron chi connectivity index (χ3n) is 5.18. The van der Waals surface area contributed by atoms with Crippen LogP contribution in [0.15, 0.2) is 47.5 Å². The number of anilines is 1. The van der Waals surface area contributed by atoms with Crippen molar-refractivity contribution in [3.05, 3.63) is 75.6 Å². The molecule has 3 aromatic heterocycles. The standard InChI is InChI=1S/C22H25N5O2/c1-14-4-7-19(24-10-14)18-8-17(18)13-29-21-9-20(22(28)27(3)26-21)25-12-16-6-5-15(2)23-11-16/h4-7,9-11,17-18,25H,8,12-13H2,1-3H3. The first kappa shape index (κ1) is 19.1. The quantitative estimate of drug-likeness (QED) is 0.667. The summed E-state index contributed by atoms with van der Waals surface area (Å²) in [4.78, 5) is 21.2. The first-order valence-corrected chi connectivity index (χ1v) is 9.78. The molecule has 4 rings (SSSR count). The Morgan fingerprint density at radius 3 is 2.76 bits per heavy atom. The molecule has 1 saturated carbocycles. The van der Waals surface area contributed by atoms with Crippen LogP contribution in [-0.4, -0.2) is 26.4 Å². The maximum Gasteiger partial charge on any atom is 0.290 e.